The van der Waals surface area contributed by atoms with E-state index in [0.29, 0.717) is 25.2 Å². The second kappa shape index (κ2) is 12.2. The Labute approximate surface area is 156 Å². The van der Waals surface area contributed by atoms with E-state index in [1.54, 1.807) is 7.05 Å². The second-order valence-corrected chi connectivity index (χ2v) is 6.02. The summed E-state index contributed by atoms with van der Waals surface area (Å²) in [5.41, 5.74) is 0. The Bertz CT molecular complexity index is 333. The van der Waals surface area contributed by atoms with E-state index in [2.05, 4.69) is 15.2 Å². The number of piperidine rings is 1. The smallest absolute Gasteiger partial charge is 0.193 e. The highest BCUT2D eigenvalue weighted by atomic mass is 127. The molecule has 0 bridgehead atoms. The highest BCUT2D eigenvalue weighted by molar-refractivity contribution is 14.0. The normalized spacial score (nSPS) is 23.5. The summed E-state index contributed by atoms with van der Waals surface area (Å²) in [6.45, 7) is 3.83. The summed E-state index contributed by atoms with van der Waals surface area (Å²) in [5.74, 6) is 0.877. The lowest BCUT2D eigenvalue weighted by Crippen LogP contribution is -2.47. The molecule has 2 aliphatic rings. The zero-order valence-corrected chi connectivity index (χ0v) is 16.5. The predicted octanol–water partition coefficient (Wildman–Crippen LogP) is 2.59. The number of nitrogens with zero attached hydrogens (tertiary/aromatic N) is 2. The Hall–Kier alpha value is -0.150. The number of halogens is 2. The number of hydrogen-bond acceptors (Lipinski definition) is 3. The fraction of sp³-hybridized carbons (Fsp3) is 0.938. The van der Waals surface area contributed by atoms with Gasteiger partial charge in [0.15, 0.2) is 5.96 Å². The van der Waals surface area contributed by atoms with Gasteiger partial charge in [0.1, 0.15) is 0 Å². The van der Waals surface area contributed by atoms with Crippen LogP contribution in [-0.2, 0) is 9.47 Å². The quantitative estimate of drug-likeness (QED) is 0.297. The van der Waals surface area contributed by atoms with Gasteiger partial charge in [-0.1, -0.05) is 0 Å². The Balaban J connectivity index is 0.00000264. The van der Waals surface area contributed by atoms with Gasteiger partial charge in [0.05, 0.1) is 25.5 Å². The third-order valence-corrected chi connectivity index (χ3v) is 4.34. The molecule has 0 aromatic rings. The van der Waals surface area contributed by atoms with Crippen molar-refractivity contribution in [2.75, 3.05) is 46.6 Å². The molecule has 0 aromatic heterocycles. The third kappa shape index (κ3) is 7.51. The predicted molar refractivity (Wildman–Crippen MR) is 102 cm³/mol. The van der Waals surface area contributed by atoms with Gasteiger partial charge in [0.25, 0.3) is 0 Å². The summed E-state index contributed by atoms with van der Waals surface area (Å²) >= 11 is 0. The minimum Gasteiger partial charge on any atom is -0.376 e. The van der Waals surface area contributed by atoms with Crippen molar-refractivity contribution in [3.8, 4) is 0 Å². The first-order valence-corrected chi connectivity index (χ1v) is 8.58. The average Bonchev–Trinajstić information content (AvgIpc) is 2.59. The van der Waals surface area contributed by atoms with E-state index in [0.717, 1.165) is 51.5 Å². The van der Waals surface area contributed by atoms with Gasteiger partial charge in [0, 0.05) is 33.3 Å². The molecule has 1 atom stereocenters. The van der Waals surface area contributed by atoms with E-state index in [4.69, 9.17) is 9.47 Å². The Kier molecular flexibility index (Phi) is 11.1. The highest BCUT2D eigenvalue weighted by Crippen LogP contribution is 2.17. The summed E-state index contributed by atoms with van der Waals surface area (Å²) < 4.78 is 23.9. The summed E-state index contributed by atoms with van der Waals surface area (Å²) in [6, 6.07) is 0. The number of rotatable bonds is 6. The second-order valence-electron chi connectivity index (χ2n) is 6.02. The van der Waals surface area contributed by atoms with E-state index >= 15 is 0 Å². The van der Waals surface area contributed by atoms with Crippen LogP contribution < -0.4 is 5.32 Å². The van der Waals surface area contributed by atoms with E-state index in [-0.39, 0.29) is 30.7 Å². The number of likely N-dealkylation sites (tertiary alicyclic amines) is 1. The number of guanidine groups is 1. The molecule has 0 spiro atoms. The van der Waals surface area contributed by atoms with Crippen LogP contribution in [0, 0.1) is 0 Å². The van der Waals surface area contributed by atoms with Crippen LogP contribution in [0.25, 0.3) is 0 Å². The first-order valence-electron chi connectivity index (χ1n) is 8.58. The van der Waals surface area contributed by atoms with Crippen molar-refractivity contribution < 1.29 is 13.9 Å². The Morgan fingerprint density at radius 3 is 2.70 bits per heavy atom. The first kappa shape index (κ1) is 20.9. The standard InChI is InChI=1S/C16H30FN3O2.HI/c1-18-16(19-9-4-8-17)20-10-6-14(7-11-20)22-13-15-5-2-3-12-21-15;/h14-15H,2-13H2,1H3,(H,18,19);1H. The zero-order chi connectivity index (χ0) is 15.6. The molecule has 0 radical (unpaired) electrons. The Morgan fingerprint density at radius 1 is 1.30 bits per heavy atom. The van der Waals surface area contributed by atoms with Crippen molar-refractivity contribution in [1.29, 1.82) is 0 Å². The topological polar surface area (TPSA) is 46.1 Å². The molecule has 1 unspecified atom stereocenters. The van der Waals surface area contributed by atoms with Gasteiger partial charge < -0.3 is 19.7 Å². The molecule has 136 valence electrons. The molecule has 2 rings (SSSR count). The highest BCUT2D eigenvalue weighted by Gasteiger charge is 2.23. The van der Waals surface area contributed by atoms with Gasteiger partial charge in [-0.05, 0) is 38.5 Å². The molecular weight excluding hydrogens is 412 g/mol. The largest absolute Gasteiger partial charge is 0.376 e. The van der Waals surface area contributed by atoms with E-state index in [9.17, 15) is 4.39 Å². The molecule has 0 aliphatic carbocycles. The van der Waals surface area contributed by atoms with Crippen molar-refractivity contribution >= 4 is 29.9 Å². The number of aliphatic imine (C=N–C) groups is 1. The van der Waals surface area contributed by atoms with Crippen LogP contribution in [0.4, 0.5) is 4.39 Å². The SMILES string of the molecule is CN=C(NCCCF)N1CCC(OCC2CCCCO2)CC1.I. The molecule has 2 heterocycles. The van der Waals surface area contributed by atoms with Crippen LogP contribution in [0.5, 0.6) is 0 Å². The summed E-state index contributed by atoms with van der Waals surface area (Å²) in [5, 5.41) is 3.21. The number of ether oxygens (including phenoxy) is 2. The van der Waals surface area contributed by atoms with E-state index in [1.165, 1.54) is 12.8 Å². The van der Waals surface area contributed by atoms with Gasteiger partial charge in [-0.2, -0.15) is 0 Å². The molecule has 2 saturated heterocycles. The molecule has 2 fully saturated rings. The van der Waals surface area contributed by atoms with Crippen molar-refractivity contribution in [3.05, 3.63) is 0 Å². The molecule has 1 N–H and O–H groups in total. The van der Waals surface area contributed by atoms with Crippen LogP contribution >= 0.6 is 24.0 Å². The van der Waals surface area contributed by atoms with Crippen molar-refractivity contribution in [1.82, 2.24) is 10.2 Å². The minimum atomic E-state index is -0.289. The molecule has 0 amide bonds. The van der Waals surface area contributed by atoms with Crippen molar-refractivity contribution in [2.24, 2.45) is 4.99 Å². The maximum absolute atomic E-state index is 12.2. The third-order valence-electron chi connectivity index (χ3n) is 4.34. The van der Waals surface area contributed by atoms with Crippen LogP contribution in [-0.4, -0.2) is 69.6 Å². The van der Waals surface area contributed by atoms with E-state index < -0.39 is 0 Å². The maximum atomic E-state index is 12.2. The summed E-state index contributed by atoms with van der Waals surface area (Å²) in [7, 11) is 1.78. The monoisotopic (exact) mass is 443 g/mol. The zero-order valence-electron chi connectivity index (χ0n) is 14.1. The van der Waals surface area contributed by atoms with Crippen LogP contribution in [0.15, 0.2) is 4.99 Å². The van der Waals surface area contributed by atoms with Gasteiger partial charge in [-0.25, -0.2) is 0 Å². The molecule has 2 aliphatic heterocycles. The van der Waals surface area contributed by atoms with Crippen LogP contribution in [0.2, 0.25) is 0 Å². The van der Waals surface area contributed by atoms with Crippen LogP contribution in [0.1, 0.15) is 38.5 Å². The van der Waals surface area contributed by atoms with Crippen LogP contribution in [0.3, 0.4) is 0 Å². The number of nitrogens with one attached hydrogen (secondary N) is 1. The number of alkyl halides is 1. The molecule has 7 heteroatoms. The average molecular weight is 443 g/mol. The summed E-state index contributed by atoms with van der Waals surface area (Å²) in [4.78, 5) is 6.51. The van der Waals surface area contributed by atoms with Crippen molar-refractivity contribution in [2.45, 2.75) is 50.7 Å². The van der Waals surface area contributed by atoms with Crippen molar-refractivity contribution in [3.63, 3.8) is 0 Å². The number of hydrogen-bond donors (Lipinski definition) is 1. The first-order chi connectivity index (χ1) is 10.8. The van der Waals surface area contributed by atoms with Gasteiger partial charge in [0.2, 0.25) is 0 Å². The van der Waals surface area contributed by atoms with Gasteiger partial charge in [-0.3, -0.25) is 9.38 Å². The molecule has 0 saturated carbocycles. The molecule has 23 heavy (non-hydrogen) atoms. The fourth-order valence-electron chi connectivity index (χ4n) is 3.02. The van der Waals surface area contributed by atoms with Gasteiger partial charge >= 0.3 is 0 Å². The minimum absolute atomic E-state index is 0. The maximum Gasteiger partial charge on any atom is 0.193 e. The van der Waals surface area contributed by atoms with E-state index in [1.807, 2.05) is 0 Å². The van der Waals surface area contributed by atoms with Gasteiger partial charge in [-0.15, -0.1) is 24.0 Å². The molecular formula is C16H31FIN3O2. The lowest BCUT2D eigenvalue weighted by molar-refractivity contribution is -0.0721. The lowest BCUT2D eigenvalue weighted by Gasteiger charge is -2.35. The lowest BCUT2D eigenvalue weighted by atomic mass is 10.1. The summed E-state index contributed by atoms with van der Waals surface area (Å²) in [6.07, 6.45) is 6.74. The Morgan fingerprint density at radius 2 is 2.09 bits per heavy atom. The molecule has 0 aromatic carbocycles. The fourth-order valence-corrected chi connectivity index (χ4v) is 3.02. The molecule has 5 nitrogen and oxygen atoms in total.